The van der Waals surface area contributed by atoms with Crippen molar-refractivity contribution in [3.05, 3.63) is 36.0 Å². The van der Waals surface area contributed by atoms with E-state index in [-0.39, 0.29) is 19.5 Å². The van der Waals surface area contributed by atoms with E-state index in [2.05, 4.69) is 11.9 Å². The van der Waals surface area contributed by atoms with Gasteiger partial charge in [-0.25, -0.2) is 0 Å². The molecule has 1 nitrogen and oxygen atoms in total. The van der Waals surface area contributed by atoms with Crippen molar-refractivity contribution in [3.8, 4) is 0 Å². The van der Waals surface area contributed by atoms with Gasteiger partial charge in [0, 0.05) is 19.5 Å². The molecule has 0 saturated heterocycles. The van der Waals surface area contributed by atoms with E-state index in [0.717, 1.165) is 5.56 Å². The van der Waals surface area contributed by atoms with Gasteiger partial charge in [-0.1, -0.05) is 23.9 Å². The molecule has 0 radical (unpaired) electrons. The summed E-state index contributed by atoms with van der Waals surface area (Å²) in [6.45, 7) is 3.64. The normalized spacial score (nSPS) is 8.11. The average molecular weight is 192 g/mol. The van der Waals surface area contributed by atoms with E-state index in [1.54, 1.807) is 12.3 Å². The van der Waals surface area contributed by atoms with Gasteiger partial charge in [-0.05, 0) is 0 Å². The van der Waals surface area contributed by atoms with Crippen LogP contribution in [0.15, 0.2) is 18.3 Å². The predicted molar refractivity (Wildman–Crippen MR) is 33.7 cm³/mol. The van der Waals surface area contributed by atoms with Gasteiger partial charge in [0.05, 0.1) is 0 Å². The SMILES string of the molecule is [CH2-]c1ccc(Cl)nc1.[Zn]. The molecule has 0 saturated carbocycles. The fraction of sp³-hybridized carbons (Fsp3) is 0. The van der Waals surface area contributed by atoms with Crippen molar-refractivity contribution in [2.45, 2.75) is 0 Å². The molecular weight excluding hydrogens is 187 g/mol. The number of aromatic nitrogens is 1. The van der Waals surface area contributed by atoms with Crippen LogP contribution in [0, 0.1) is 6.92 Å². The van der Waals surface area contributed by atoms with Gasteiger partial charge < -0.3 is 4.98 Å². The molecule has 0 aliphatic heterocycles. The Bertz CT molecular complexity index is 152. The van der Waals surface area contributed by atoms with Gasteiger partial charge in [0.2, 0.25) is 0 Å². The molecule has 44 valence electrons. The molecule has 9 heavy (non-hydrogen) atoms. The summed E-state index contributed by atoms with van der Waals surface area (Å²) in [4.78, 5) is 3.78. The first-order valence-electron chi connectivity index (χ1n) is 2.22. The molecule has 0 aliphatic carbocycles. The molecule has 3 heteroatoms. The van der Waals surface area contributed by atoms with Crippen LogP contribution in [-0.2, 0) is 19.5 Å². The van der Waals surface area contributed by atoms with Crippen LogP contribution in [0.4, 0.5) is 0 Å². The Kier molecular flexibility index (Phi) is 3.84. The van der Waals surface area contributed by atoms with Gasteiger partial charge in [0.15, 0.2) is 0 Å². The van der Waals surface area contributed by atoms with E-state index in [9.17, 15) is 0 Å². The molecule has 0 aliphatic rings. The Morgan fingerprint density at radius 1 is 1.44 bits per heavy atom. The van der Waals surface area contributed by atoms with E-state index in [4.69, 9.17) is 11.6 Å². The Balaban J connectivity index is 0.000000640. The molecule has 0 fully saturated rings. The van der Waals surface area contributed by atoms with Crippen molar-refractivity contribution in [2.24, 2.45) is 0 Å². The van der Waals surface area contributed by atoms with Gasteiger partial charge >= 0.3 is 0 Å². The van der Waals surface area contributed by atoms with Gasteiger partial charge in [-0.2, -0.15) is 18.6 Å². The molecule has 1 heterocycles. The minimum atomic E-state index is 0. The Morgan fingerprint density at radius 2 is 2.11 bits per heavy atom. The molecule has 0 amide bonds. The summed E-state index contributed by atoms with van der Waals surface area (Å²) < 4.78 is 0. The maximum Gasteiger partial charge on any atom is 0.103 e. The summed E-state index contributed by atoms with van der Waals surface area (Å²) in [5.74, 6) is 0. The summed E-state index contributed by atoms with van der Waals surface area (Å²) in [6.07, 6.45) is 1.63. The number of rotatable bonds is 0. The molecule has 0 aromatic carbocycles. The van der Waals surface area contributed by atoms with Gasteiger partial charge in [0.1, 0.15) is 5.15 Å². The van der Waals surface area contributed by atoms with Crippen LogP contribution < -0.4 is 0 Å². The van der Waals surface area contributed by atoms with Crippen LogP contribution in [0.3, 0.4) is 0 Å². The van der Waals surface area contributed by atoms with E-state index >= 15 is 0 Å². The summed E-state index contributed by atoms with van der Waals surface area (Å²) in [6, 6.07) is 3.53. The number of hydrogen-bond donors (Lipinski definition) is 0. The molecular formula is C6H5ClNZn-. The van der Waals surface area contributed by atoms with Gasteiger partial charge in [-0.15, -0.1) is 0 Å². The second-order valence-electron chi connectivity index (χ2n) is 1.49. The number of nitrogens with zero attached hydrogens (tertiary/aromatic N) is 1. The van der Waals surface area contributed by atoms with Crippen LogP contribution in [0.1, 0.15) is 5.56 Å². The van der Waals surface area contributed by atoms with Crippen molar-refractivity contribution in [3.63, 3.8) is 0 Å². The summed E-state index contributed by atoms with van der Waals surface area (Å²) >= 11 is 5.47. The van der Waals surface area contributed by atoms with E-state index in [1.807, 2.05) is 6.07 Å². The molecule has 1 rings (SSSR count). The summed E-state index contributed by atoms with van der Waals surface area (Å²) in [5.41, 5.74) is 0.884. The minimum Gasteiger partial charge on any atom is -0.311 e. The Morgan fingerprint density at radius 3 is 2.44 bits per heavy atom. The van der Waals surface area contributed by atoms with Crippen LogP contribution in [0.25, 0.3) is 0 Å². The number of halogens is 1. The summed E-state index contributed by atoms with van der Waals surface area (Å²) in [5, 5.41) is 0.511. The van der Waals surface area contributed by atoms with Crippen LogP contribution in [0.5, 0.6) is 0 Å². The van der Waals surface area contributed by atoms with Crippen molar-refractivity contribution < 1.29 is 19.5 Å². The maximum absolute atomic E-state index is 5.47. The zero-order valence-electron chi connectivity index (χ0n) is 4.97. The van der Waals surface area contributed by atoms with Crippen molar-refractivity contribution in [1.82, 2.24) is 4.98 Å². The first kappa shape index (κ1) is 8.93. The fourth-order valence-electron chi connectivity index (χ4n) is 0.406. The topological polar surface area (TPSA) is 12.9 Å². The smallest absolute Gasteiger partial charge is 0.103 e. The second kappa shape index (κ2) is 3.87. The Labute approximate surface area is 72.2 Å². The molecule has 0 spiro atoms. The summed E-state index contributed by atoms with van der Waals surface area (Å²) in [7, 11) is 0. The third kappa shape index (κ3) is 2.83. The molecule has 0 atom stereocenters. The van der Waals surface area contributed by atoms with Crippen molar-refractivity contribution in [2.75, 3.05) is 0 Å². The van der Waals surface area contributed by atoms with Crippen LogP contribution in [0.2, 0.25) is 5.15 Å². The predicted octanol–water partition coefficient (Wildman–Crippen LogP) is 1.91. The standard InChI is InChI=1S/C6H5ClN.Zn/c1-5-2-3-6(7)8-4-5;/h2-4H,1H2;/q-1;. The average Bonchev–Trinajstić information content (AvgIpc) is 1.77. The molecule has 0 N–H and O–H groups in total. The van der Waals surface area contributed by atoms with Crippen molar-refractivity contribution >= 4 is 11.6 Å². The first-order chi connectivity index (χ1) is 3.79. The van der Waals surface area contributed by atoms with E-state index in [0.29, 0.717) is 5.15 Å². The van der Waals surface area contributed by atoms with Gasteiger partial charge in [0.25, 0.3) is 0 Å². The Hall–Kier alpha value is -0.0666. The third-order valence-electron chi connectivity index (χ3n) is 0.789. The van der Waals surface area contributed by atoms with Crippen LogP contribution >= 0.6 is 11.6 Å². The maximum atomic E-state index is 5.47. The van der Waals surface area contributed by atoms with Crippen LogP contribution in [-0.4, -0.2) is 4.98 Å². The fourth-order valence-corrected chi connectivity index (χ4v) is 0.518. The third-order valence-corrected chi connectivity index (χ3v) is 1.01. The molecule has 1 aromatic heterocycles. The zero-order valence-corrected chi connectivity index (χ0v) is 8.69. The second-order valence-corrected chi connectivity index (χ2v) is 1.88. The molecule has 0 bridgehead atoms. The minimum absolute atomic E-state index is 0. The number of hydrogen-bond acceptors (Lipinski definition) is 1. The van der Waals surface area contributed by atoms with Gasteiger partial charge in [-0.3, -0.25) is 0 Å². The van der Waals surface area contributed by atoms with E-state index < -0.39 is 0 Å². The van der Waals surface area contributed by atoms with E-state index in [1.165, 1.54) is 0 Å². The zero-order chi connectivity index (χ0) is 5.98. The monoisotopic (exact) mass is 190 g/mol. The van der Waals surface area contributed by atoms with Crippen molar-refractivity contribution in [1.29, 1.82) is 0 Å². The molecule has 1 aromatic rings. The molecule has 0 unspecified atom stereocenters. The quantitative estimate of drug-likeness (QED) is 0.347. The first-order valence-corrected chi connectivity index (χ1v) is 2.60. The number of pyridine rings is 1. The largest absolute Gasteiger partial charge is 0.311 e.